The average Bonchev–Trinajstić information content (AvgIpc) is 3.80. The molecule has 0 spiro atoms. The van der Waals surface area contributed by atoms with Crippen LogP contribution in [0.2, 0.25) is 0 Å². The topological polar surface area (TPSA) is 117 Å². The van der Waals surface area contributed by atoms with Gasteiger partial charge in [-0.25, -0.2) is 4.68 Å². The van der Waals surface area contributed by atoms with E-state index in [0.717, 1.165) is 36.2 Å². The number of rotatable bonds is 8. The Morgan fingerprint density at radius 3 is 2.76 bits per heavy atom. The summed E-state index contributed by atoms with van der Waals surface area (Å²) < 4.78 is 1.93. The molecule has 4 aliphatic rings. The van der Waals surface area contributed by atoms with Gasteiger partial charge < -0.3 is 26.2 Å². The molecule has 0 bridgehead atoms. The first-order valence-corrected chi connectivity index (χ1v) is 17.2. The number of benzene rings is 1. The Hall–Kier alpha value is -2.33. The molecule has 1 aromatic heterocycles. The lowest BCUT2D eigenvalue weighted by atomic mass is 9.77. The zero-order chi connectivity index (χ0) is 29.7. The third kappa shape index (κ3) is 5.20. The van der Waals surface area contributed by atoms with Crippen molar-refractivity contribution in [3.05, 3.63) is 53.4 Å². The number of carbonyl (C=O) groups is 1. The van der Waals surface area contributed by atoms with Gasteiger partial charge in [0.25, 0.3) is 0 Å². The lowest BCUT2D eigenvalue weighted by Gasteiger charge is -2.48. The van der Waals surface area contributed by atoms with Crippen LogP contribution < -0.4 is 11.1 Å². The number of amides is 1. The summed E-state index contributed by atoms with van der Waals surface area (Å²) in [5, 5.41) is 31.0. The number of aromatic nitrogens is 2. The number of aliphatic hydroxyl groups excluding tert-OH is 1. The highest BCUT2D eigenvalue weighted by Crippen LogP contribution is 2.46. The number of hydrogen-bond donors (Lipinski definition) is 4. The van der Waals surface area contributed by atoms with Gasteiger partial charge in [0, 0.05) is 30.6 Å². The second-order valence-corrected chi connectivity index (χ2v) is 14.0. The molecule has 6 rings (SSSR count). The van der Waals surface area contributed by atoms with Gasteiger partial charge in [-0.05, 0) is 80.2 Å². The van der Waals surface area contributed by atoms with Gasteiger partial charge in [-0.3, -0.25) is 4.79 Å². The Bertz CT molecular complexity index is 1320. The smallest absolute Gasteiger partial charge is 0.229 e. The molecule has 8 unspecified atom stereocenters. The van der Waals surface area contributed by atoms with Crippen molar-refractivity contribution in [1.29, 1.82) is 0 Å². The molecule has 1 saturated carbocycles. The maximum Gasteiger partial charge on any atom is 0.229 e. The fourth-order valence-corrected chi connectivity index (χ4v) is 8.76. The average molecular weight is 594 g/mol. The first-order chi connectivity index (χ1) is 20.3. The van der Waals surface area contributed by atoms with Gasteiger partial charge in [0.1, 0.15) is 11.4 Å². The number of carbonyl (C=O) groups excluding carboxylic acids is 1. The normalized spacial score (nSPS) is 31.7. The summed E-state index contributed by atoms with van der Waals surface area (Å²) in [6.07, 6.45) is 10.1. The van der Waals surface area contributed by atoms with Gasteiger partial charge in [-0.1, -0.05) is 32.4 Å². The Labute approximate surface area is 254 Å². The van der Waals surface area contributed by atoms with Crippen molar-refractivity contribution in [2.45, 2.75) is 101 Å². The molecule has 1 amide bonds. The molecule has 1 saturated heterocycles. The number of piperidine rings is 1. The fourth-order valence-electron chi connectivity index (χ4n) is 7.84. The van der Waals surface area contributed by atoms with E-state index < -0.39 is 6.10 Å². The Balaban J connectivity index is 1.38. The number of phenolic OH excluding ortho intramolecular Hbond substituents is 1. The van der Waals surface area contributed by atoms with Crippen LogP contribution in [0.25, 0.3) is 5.69 Å². The highest BCUT2D eigenvalue weighted by atomic mass is 32.2. The van der Waals surface area contributed by atoms with Crippen molar-refractivity contribution in [2.75, 3.05) is 12.8 Å². The van der Waals surface area contributed by atoms with Gasteiger partial charge in [-0.15, -0.1) is 18.3 Å². The largest absolute Gasteiger partial charge is 0.506 e. The summed E-state index contributed by atoms with van der Waals surface area (Å²) in [6, 6.07) is 5.59. The summed E-state index contributed by atoms with van der Waals surface area (Å²) in [6.45, 7) is 8.73. The van der Waals surface area contributed by atoms with E-state index in [4.69, 9.17) is 10.8 Å². The highest BCUT2D eigenvalue weighted by molar-refractivity contribution is 7.99. The zero-order valence-electron chi connectivity index (χ0n) is 25.2. The van der Waals surface area contributed by atoms with Crippen LogP contribution in [-0.4, -0.2) is 67.2 Å². The SMILES string of the molecule is C=CC(O)C1CCc2nn(-c3ccc(C4CC4)cc3O)c3c2C(C1)N(C(=O)C1C(CCC)NC(SC)C(C)C1N)CC3. The minimum Gasteiger partial charge on any atom is -0.506 e. The highest BCUT2D eigenvalue weighted by Gasteiger charge is 2.48. The zero-order valence-corrected chi connectivity index (χ0v) is 26.0. The molecule has 2 aliphatic heterocycles. The van der Waals surface area contributed by atoms with Gasteiger partial charge >= 0.3 is 0 Å². The van der Waals surface area contributed by atoms with Crippen LogP contribution in [0.15, 0.2) is 30.9 Å². The van der Waals surface area contributed by atoms with Crippen LogP contribution in [0, 0.1) is 17.8 Å². The van der Waals surface area contributed by atoms with Gasteiger partial charge in [0.2, 0.25) is 5.91 Å². The number of hydrogen-bond acceptors (Lipinski definition) is 7. The number of aliphatic hydroxyl groups is 1. The number of phenols is 1. The second-order valence-electron chi connectivity index (χ2n) is 13.0. The fraction of sp³-hybridized carbons (Fsp3) is 0.636. The third-order valence-electron chi connectivity index (χ3n) is 10.4. The predicted molar refractivity (Wildman–Crippen MR) is 168 cm³/mol. The van der Waals surface area contributed by atoms with E-state index in [1.54, 1.807) is 17.8 Å². The lowest BCUT2D eigenvalue weighted by Crippen LogP contribution is -2.64. The van der Waals surface area contributed by atoms with Crippen LogP contribution in [-0.2, 0) is 17.6 Å². The number of nitrogens with zero attached hydrogens (tertiary/aromatic N) is 3. The van der Waals surface area contributed by atoms with Gasteiger partial charge in [0.15, 0.2) is 0 Å². The van der Waals surface area contributed by atoms with Crippen molar-refractivity contribution < 1.29 is 15.0 Å². The van der Waals surface area contributed by atoms with Crippen molar-refractivity contribution in [3.63, 3.8) is 0 Å². The maximum atomic E-state index is 14.6. The van der Waals surface area contributed by atoms with E-state index >= 15 is 0 Å². The number of aryl methyl sites for hydroxylation is 1. The summed E-state index contributed by atoms with van der Waals surface area (Å²) in [5.41, 5.74) is 11.9. The monoisotopic (exact) mass is 593 g/mol. The van der Waals surface area contributed by atoms with Crippen LogP contribution in [0.4, 0.5) is 0 Å². The van der Waals surface area contributed by atoms with E-state index in [9.17, 15) is 15.0 Å². The van der Waals surface area contributed by atoms with Crippen molar-refractivity contribution in [2.24, 2.45) is 23.5 Å². The van der Waals surface area contributed by atoms with Crippen molar-refractivity contribution in [3.8, 4) is 11.4 Å². The first-order valence-electron chi connectivity index (χ1n) is 15.9. The molecule has 1 aromatic carbocycles. The van der Waals surface area contributed by atoms with E-state index in [1.165, 1.54) is 18.4 Å². The summed E-state index contributed by atoms with van der Waals surface area (Å²) in [5.74, 6) is 0.745. The predicted octanol–water partition coefficient (Wildman–Crippen LogP) is 4.42. The summed E-state index contributed by atoms with van der Waals surface area (Å²) in [7, 11) is 0. The molecular formula is C33H47N5O3S. The molecule has 228 valence electrons. The minimum absolute atomic E-state index is 0.0213. The molecule has 2 fully saturated rings. The first kappa shape index (κ1) is 29.7. The molecule has 2 aliphatic carbocycles. The standard InChI is InChI=1S/C33H47N5O3S/c1-5-7-22-30(31(34)18(3)32(35-22)42-4)33(41)37-15-14-25-29-23(12-10-21(16-26(29)37)27(39)6-2)36-38(25)24-13-11-20(17-28(24)40)19-8-9-19/h6,11,13,17-19,21-22,26-27,30-32,35,39-40H,2,5,7-10,12,14-16,34H2,1,3-4H3. The minimum atomic E-state index is -0.642. The van der Waals surface area contributed by atoms with E-state index in [2.05, 4.69) is 43.0 Å². The van der Waals surface area contributed by atoms with E-state index in [0.29, 0.717) is 37.4 Å². The Morgan fingerprint density at radius 2 is 2.10 bits per heavy atom. The number of nitrogens with one attached hydrogen (secondary N) is 1. The van der Waals surface area contributed by atoms with Gasteiger partial charge in [-0.2, -0.15) is 5.10 Å². The molecule has 42 heavy (non-hydrogen) atoms. The number of aromatic hydroxyl groups is 1. The maximum absolute atomic E-state index is 14.6. The Morgan fingerprint density at radius 1 is 1.31 bits per heavy atom. The molecule has 3 heterocycles. The van der Waals surface area contributed by atoms with Crippen molar-refractivity contribution >= 4 is 17.7 Å². The third-order valence-corrected chi connectivity index (χ3v) is 11.5. The van der Waals surface area contributed by atoms with Crippen molar-refractivity contribution in [1.82, 2.24) is 20.0 Å². The Kier molecular flexibility index (Phi) is 8.48. The van der Waals surface area contributed by atoms with Gasteiger partial charge in [0.05, 0.1) is 34.8 Å². The van der Waals surface area contributed by atoms with Crippen LogP contribution in [0.5, 0.6) is 5.75 Å². The summed E-state index contributed by atoms with van der Waals surface area (Å²) in [4.78, 5) is 16.7. The van der Waals surface area contributed by atoms with Crippen LogP contribution >= 0.6 is 11.8 Å². The van der Waals surface area contributed by atoms with E-state index in [-0.39, 0.29) is 52.9 Å². The summed E-state index contributed by atoms with van der Waals surface area (Å²) >= 11 is 1.78. The van der Waals surface area contributed by atoms with E-state index in [1.807, 2.05) is 16.8 Å². The second kappa shape index (κ2) is 12.0. The molecule has 5 N–H and O–H groups in total. The lowest BCUT2D eigenvalue weighted by molar-refractivity contribution is -0.142. The molecule has 8 atom stereocenters. The molecular weight excluding hydrogens is 546 g/mol. The number of nitrogens with two attached hydrogens (primary N) is 1. The molecule has 0 radical (unpaired) electrons. The molecule has 2 aromatic rings. The number of thioether (sulfide) groups is 1. The van der Waals surface area contributed by atoms with Crippen LogP contribution in [0.3, 0.4) is 0 Å². The molecule has 8 nitrogen and oxygen atoms in total. The quantitative estimate of drug-likeness (QED) is 0.335. The molecule has 9 heteroatoms. The van der Waals surface area contributed by atoms with Crippen LogP contribution in [0.1, 0.15) is 86.8 Å².